The molecule has 2 unspecified atom stereocenters. The Morgan fingerprint density at radius 2 is 2.17 bits per heavy atom. The standard InChI is InChI=1S/C13H17NO2S2/c15-13(16)17-12(10-6-2-1-3-7-10)11-8-4-5-9-14-18-11/h1-3,6-7,11-12,14H,4-5,8-9H2,(H,15,16). The monoisotopic (exact) mass is 283 g/mol. The van der Waals surface area contributed by atoms with E-state index in [9.17, 15) is 4.79 Å². The first-order valence-corrected chi connectivity index (χ1v) is 7.86. The van der Waals surface area contributed by atoms with E-state index in [2.05, 4.69) is 4.72 Å². The van der Waals surface area contributed by atoms with Crippen LogP contribution in [-0.2, 0) is 0 Å². The lowest BCUT2D eigenvalue weighted by Gasteiger charge is -2.23. The minimum atomic E-state index is -0.797. The molecular formula is C13H17NO2S2. The first kappa shape index (κ1) is 13.8. The van der Waals surface area contributed by atoms with Crippen molar-refractivity contribution in [1.82, 2.24) is 4.72 Å². The summed E-state index contributed by atoms with van der Waals surface area (Å²) in [6, 6.07) is 9.95. The Labute approximate surface area is 116 Å². The van der Waals surface area contributed by atoms with Gasteiger partial charge in [0.2, 0.25) is 0 Å². The van der Waals surface area contributed by atoms with Crippen LogP contribution in [0.4, 0.5) is 4.79 Å². The Morgan fingerprint density at radius 3 is 2.89 bits per heavy atom. The molecule has 0 spiro atoms. The second kappa shape index (κ2) is 7.07. The maximum absolute atomic E-state index is 11.0. The van der Waals surface area contributed by atoms with E-state index in [1.54, 1.807) is 11.9 Å². The third-order valence-electron chi connectivity index (χ3n) is 2.95. The zero-order valence-corrected chi connectivity index (χ0v) is 11.7. The highest BCUT2D eigenvalue weighted by Crippen LogP contribution is 2.40. The molecule has 5 heteroatoms. The molecule has 1 heterocycles. The average molecular weight is 283 g/mol. The lowest BCUT2D eigenvalue weighted by atomic mass is 10.1. The summed E-state index contributed by atoms with van der Waals surface area (Å²) >= 11 is 2.72. The number of hydrogen-bond donors (Lipinski definition) is 2. The van der Waals surface area contributed by atoms with Gasteiger partial charge in [0.25, 0.3) is 0 Å². The van der Waals surface area contributed by atoms with Gasteiger partial charge in [-0.1, -0.05) is 48.7 Å². The van der Waals surface area contributed by atoms with Gasteiger partial charge in [0.05, 0.1) is 5.25 Å². The number of carboxylic acid groups (broad SMARTS) is 1. The van der Waals surface area contributed by atoms with E-state index in [1.807, 2.05) is 30.3 Å². The Bertz CT molecular complexity index is 378. The van der Waals surface area contributed by atoms with Crippen molar-refractivity contribution in [1.29, 1.82) is 0 Å². The van der Waals surface area contributed by atoms with E-state index in [0.717, 1.165) is 36.7 Å². The minimum Gasteiger partial charge on any atom is -0.473 e. The summed E-state index contributed by atoms with van der Waals surface area (Å²) in [5.41, 5.74) is 1.10. The van der Waals surface area contributed by atoms with Crippen LogP contribution in [0.25, 0.3) is 0 Å². The number of hydrogen-bond acceptors (Lipinski definition) is 4. The molecular weight excluding hydrogens is 266 g/mol. The second-order valence-corrected chi connectivity index (χ2v) is 6.48. The van der Waals surface area contributed by atoms with Crippen LogP contribution in [0, 0.1) is 0 Å². The number of nitrogens with one attached hydrogen (secondary N) is 1. The van der Waals surface area contributed by atoms with Crippen LogP contribution in [0.3, 0.4) is 0 Å². The van der Waals surface area contributed by atoms with Gasteiger partial charge < -0.3 is 5.11 Å². The Kier molecular flexibility index (Phi) is 5.41. The normalized spacial score (nSPS) is 22.1. The molecule has 0 aromatic heterocycles. The molecule has 2 rings (SSSR count). The topological polar surface area (TPSA) is 49.3 Å². The molecule has 0 saturated carbocycles. The van der Waals surface area contributed by atoms with E-state index in [1.165, 1.54) is 6.42 Å². The fraction of sp³-hybridized carbons (Fsp3) is 0.462. The molecule has 2 N–H and O–H groups in total. The summed E-state index contributed by atoms with van der Waals surface area (Å²) < 4.78 is 3.33. The summed E-state index contributed by atoms with van der Waals surface area (Å²) in [5.74, 6) is 0. The lowest BCUT2D eigenvalue weighted by Crippen LogP contribution is -2.17. The third kappa shape index (κ3) is 3.93. The van der Waals surface area contributed by atoms with Crippen LogP contribution in [0.2, 0.25) is 0 Å². The van der Waals surface area contributed by atoms with Gasteiger partial charge in [0.15, 0.2) is 0 Å². The molecule has 18 heavy (non-hydrogen) atoms. The molecule has 1 fully saturated rings. The first-order chi connectivity index (χ1) is 8.77. The fourth-order valence-corrected chi connectivity index (χ4v) is 4.26. The largest absolute Gasteiger partial charge is 0.473 e. The summed E-state index contributed by atoms with van der Waals surface area (Å²) in [7, 11) is 0. The zero-order chi connectivity index (χ0) is 12.8. The SMILES string of the molecule is O=C(O)SC(c1ccccc1)C1CCCCNS1. The van der Waals surface area contributed by atoms with Crippen LogP contribution >= 0.6 is 23.7 Å². The molecule has 1 aromatic rings. The maximum atomic E-state index is 11.0. The van der Waals surface area contributed by atoms with Gasteiger partial charge in [-0.15, -0.1) is 0 Å². The molecule has 0 aliphatic carbocycles. The van der Waals surface area contributed by atoms with Crippen molar-refractivity contribution in [3.63, 3.8) is 0 Å². The van der Waals surface area contributed by atoms with E-state index in [-0.39, 0.29) is 5.25 Å². The summed E-state index contributed by atoms with van der Waals surface area (Å²) in [6.07, 6.45) is 3.40. The first-order valence-electron chi connectivity index (χ1n) is 6.10. The quantitative estimate of drug-likeness (QED) is 0.823. The molecule has 2 atom stereocenters. The van der Waals surface area contributed by atoms with Crippen molar-refractivity contribution in [2.75, 3.05) is 6.54 Å². The van der Waals surface area contributed by atoms with Crippen molar-refractivity contribution in [2.45, 2.75) is 29.8 Å². The Morgan fingerprint density at radius 1 is 1.39 bits per heavy atom. The van der Waals surface area contributed by atoms with Gasteiger partial charge in [-0.2, -0.15) is 0 Å². The van der Waals surface area contributed by atoms with Crippen LogP contribution in [0.15, 0.2) is 30.3 Å². The van der Waals surface area contributed by atoms with Gasteiger partial charge >= 0.3 is 5.30 Å². The number of thioether (sulfide) groups is 1. The number of carbonyl (C=O) groups is 1. The highest BCUT2D eigenvalue weighted by molar-refractivity contribution is 8.14. The summed E-state index contributed by atoms with van der Waals surface area (Å²) in [5, 5.41) is 8.61. The van der Waals surface area contributed by atoms with Gasteiger partial charge in [-0.3, -0.25) is 4.72 Å². The molecule has 0 amide bonds. The number of rotatable bonds is 3. The van der Waals surface area contributed by atoms with E-state index in [4.69, 9.17) is 5.11 Å². The summed E-state index contributed by atoms with van der Waals surface area (Å²) in [6.45, 7) is 1.01. The van der Waals surface area contributed by atoms with Crippen molar-refractivity contribution in [2.24, 2.45) is 0 Å². The van der Waals surface area contributed by atoms with E-state index in [0.29, 0.717) is 5.25 Å². The van der Waals surface area contributed by atoms with E-state index >= 15 is 0 Å². The second-order valence-electron chi connectivity index (χ2n) is 4.26. The third-order valence-corrected chi connectivity index (χ3v) is 5.36. The van der Waals surface area contributed by atoms with E-state index < -0.39 is 5.30 Å². The van der Waals surface area contributed by atoms with Crippen LogP contribution in [-0.4, -0.2) is 22.2 Å². The lowest BCUT2D eigenvalue weighted by molar-refractivity contribution is 0.222. The molecule has 1 aromatic carbocycles. The highest BCUT2D eigenvalue weighted by atomic mass is 32.2. The van der Waals surface area contributed by atoms with Gasteiger partial charge in [-0.25, -0.2) is 4.79 Å². The fourth-order valence-electron chi connectivity index (χ4n) is 2.09. The molecule has 0 bridgehead atoms. The smallest absolute Gasteiger partial charge is 0.365 e. The number of benzene rings is 1. The molecule has 1 aliphatic rings. The predicted octanol–water partition coefficient (Wildman–Crippen LogP) is 3.93. The maximum Gasteiger partial charge on any atom is 0.365 e. The molecule has 0 radical (unpaired) electrons. The predicted molar refractivity (Wildman–Crippen MR) is 78.0 cm³/mol. The minimum absolute atomic E-state index is 0.0132. The van der Waals surface area contributed by atoms with Gasteiger partial charge in [-0.05, 0) is 30.2 Å². The van der Waals surface area contributed by atoms with Crippen molar-refractivity contribution < 1.29 is 9.90 Å². The van der Waals surface area contributed by atoms with Crippen LogP contribution in [0.5, 0.6) is 0 Å². The molecule has 1 aliphatic heterocycles. The summed E-state index contributed by atoms with van der Waals surface area (Å²) in [4.78, 5) is 11.0. The van der Waals surface area contributed by atoms with Crippen LogP contribution < -0.4 is 4.72 Å². The molecule has 3 nitrogen and oxygen atoms in total. The molecule has 1 saturated heterocycles. The Balaban J connectivity index is 2.15. The average Bonchev–Trinajstić information content (AvgIpc) is 2.65. The molecule has 98 valence electrons. The van der Waals surface area contributed by atoms with Crippen molar-refractivity contribution >= 4 is 29.0 Å². The van der Waals surface area contributed by atoms with Crippen molar-refractivity contribution in [3.05, 3.63) is 35.9 Å². The zero-order valence-electron chi connectivity index (χ0n) is 10.0. The van der Waals surface area contributed by atoms with Gasteiger partial charge in [0, 0.05) is 11.8 Å². The van der Waals surface area contributed by atoms with Crippen LogP contribution in [0.1, 0.15) is 30.1 Å². The Hall–Kier alpha value is -0.650. The van der Waals surface area contributed by atoms with Gasteiger partial charge in [0.1, 0.15) is 0 Å². The highest BCUT2D eigenvalue weighted by Gasteiger charge is 2.27. The van der Waals surface area contributed by atoms with Crippen molar-refractivity contribution in [3.8, 4) is 0 Å².